The van der Waals surface area contributed by atoms with E-state index in [1.807, 2.05) is 31.2 Å². The minimum absolute atomic E-state index is 0.160. The monoisotopic (exact) mass is 308 g/mol. The number of hydrogen-bond acceptors (Lipinski definition) is 3. The third kappa shape index (κ3) is 2.79. The third-order valence-corrected chi connectivity index (χ3v) is 2.99. The van der Waals surface area contributed by atoms with Crippen molar-refractivity contribution in [3.8, 4) is 0 Å². The van der Waals surface area contributed by atoms with Gasteiger partial charge in [0.2, 0.25) is 0 Å². The fraction of sp³-hybridized carbons (Fsp3) is 0.231. The van der Waals surface area contributed by atoms with Crippen molar-refractivity contribution < 1.29 is 9.32 Å². The molecule has 94 valence electrons. The van der Waals surface area contributed by atoms with E-state index in [0.29, 0.717) is 5.76 Å². The molecular formula is C13H13BrN2O2. The summed E-state index contributed by atoms with van der Waals surface area (Å²) in [6.07, 6.45) is 0. The number of hydrogen-bond donors (Lipinski definition) is 1. The van der Waals surface area contributed by atoms with Crippen molar-refractivity contribution in [3.05, 3.63) is 47.3 Å². The highest BCUT2D eigenvalue weighted by Gasteiger charge is 2.14. The summed E-state index contributed by atoms with van der Waals surface area (Å²) in [6, 6.07) is 9.24. The highest BCUT2D eigenvalue weighted by Crippen LogP contribution is 2.28. The van der Waals surface area contributed by atoms with Crippen LogP contribution in [0.2, 0.25) is 0 Å². The molecule has 1 aromatic carbocycles. The van der Waals surface area contributed by atoms with E-state index in [1.54, 1.807) is 13.0 Å². The van der Waals surface area contributed by atoms with E-state index in [4.69, 9.17) is 4.52 Å². The lowest BCUT2D eigenvalue weighted by molar-refractivity contribution is 0.101. The van der Waals surface area contributed by atoms with Gasteiger partial charge in [0.25, 0.3) is 5.91 Å². The van der Waals surface area contributed by atoms with Gasteiger partial charge in [0, 0.05) is 16.6 Å². The van der Waals surface area contributed by atoms with E-state index >= 15 is 0 Å². The molecule has 0 bridgehead atoms. The molecule has 0 fully saturated rings. The second kappa shape index (κ2) is 5.35. The fourth-order valence-electron chi connectivity index (χ4n) is 1.62. The van der Waals surface area contributed by atoms with E-state index in [9.17, 15) is 4.79 Å². The number of nitrogens with zero attached hydrogens (tertiary/aromatic N) is 1. The highest BCUT2D eigenvalue weighted by molar-refractivity contribution is 9.09. The zero-order valence-corrected chi connectivity index (χ0v) is 11.7. The maximum Gasteiger partial charge on any atom is 0.277 e. The smallest absolute Gasteiger partial charge is 0.277 e. The van der Waals surface area contributed by atoms with Gasteiger partial charge in [0.05, 0.1) is 0 Å². The largest absolute Gasteiger partial charge is 0.361 e. The molecule has 18 heavy (non-hydrogen) atoms. The number of para-hydroxylation sites is 1. The summed E-state index contributed by atoms with van der Waals surface area (Å²) in [4.78, 5) is 12.1. The molecule has 2 rings (SSSR count). The number of carbonyl (C=O) groups is 1. The molecule has 0 aliphatic heterocycles. The van der Waals surface area contributed by atoms with Crippen LogP contribution in [0.15, 0.2) is 34.9 Å². The Labute approximate surface area is 113 Å². The van der Waals surface area contributed by atoms with Crippen molar-refractivity contribution >= 4 is 27.5 Å². The number of amides is 1. The maximum atomic E-state index is 12.0. The molecule has 0 saturated carbocycles. The standard InChI is InChI=1S/C13H13BrN2O2/c1-8-7-12(16-18-8)13(17)15-11-6-4-3-5-10(11)9(2)14/h3-7,9H,1-2H3,(H,15,17). The summed E-state index contributed by atoms with van der Waals surface area (Å²) in [6.45, 7) is 3.75. The minimum atomic E-state index is -0.271. The summed E-state index contributed by atoms with van der Waals surface area (Å²) in [7, 11) is 0. The number of anilines is 1. The van der Waals surface area contributed by atoms with Crippen LogP contribution >= 0.6 is 15.9 Å². The van der Waals surface area contributed by atoms with Gasteiger partial charge in [-0.05, 0) is 25.5 Å². The Morgan fingerprint density at radius 1 is 1.44 bits per heavy atom. The number of rotatable bonds is 3. The van der Waals surface area contributed by atoms with E-state index < -0.39 is 0 Å². The van der Waals surface area contributed by atoms with Gasteiger partial charge in [0.15, 0.2) is 5.69 Å². The molecule has 4 nitrogen and oxygen atoms in total. The molecule has 1 amide bonds. The van der Waals surface area contributed by atoms with E-state index in [0.717, 1.165) is 11.3 Å². The Balaban J connectivity index is 2.22. The van der Waals surface area contributed by atoms with Crippen LogP contribution in [0.4, 0.5) is 5.69 Å². The first-order valence-corrected chi connectivity index (χ1v) is 6.47. The number of benzene rings is 1. The Morgan fingerprint density at radius 3 is 2.78 bits per heavy atom. The molecule has 1 heterocycles. The first-order valence-electron chi connectivity index (χ1n) is 5.55. The first kappa shape index (κ1) is 12.8. The molecule has 0 radical (unpaired) electrons. The first-order chi connectivity index (χ1) is 8.58. The summed E-state index contributed by atoms with van der Waals surface area (Å²) < 4.78 is 4.88. The third-order valence-electron chi connectivity index (χ3n) is 2.50. The number of halogens is 1. The van der Waals surface area contributed by atoms with Crippen molar-refractivity contribution in [2.75, 3.05) is 5.32 Å². The lowest BCUT2D eigenvalue weighted by Crippen LogP contribution is -2.13. The van der Waals surface area contributed by atoms with Gasteiger partial charge >= 0.3 is 0 Å². The summed E-state index contributed by atoms with van der Waals surface area (Å²) in [5.41, 5.74) is 2.07. The zero-order valence-electron chi connectivity index (χ0n) is 10.1. The number of aryl methyl sites for hydroxylation is 1. The molecule has 2 aromatic rings. The van der Waals surface area contributed by atoms with Crippen molar-refractivity contribution in [3.63, 3.8) is 0 Å². The van der Waals surface area contributed by atoms with Crippen LogP contribution in [0.5, 0.6) is 0 Å². The van der Waals surface area contributed by atoms with Gasteiger partial charge in [-0.25, -0.2) is 0 Å². The van der Waals surface area contributed by atoms with Gasteiger partial charge in [-0.3, -0.25) is 4.79 Å². The number of aromatic nitrogens is 1. The zero-order chi connectivity index (χ0) is 13.1. The molecule has 5 heteroatoms. The molecule has 1 aromatic heterocycles. The predicted molar refractivity (Wildman–Crippen MR) is 73.0 cm³/mol. The Kier molecular flexibility index (Phi) is 3.81. The Hall–Kier alpha value is -1.62. The molecule has 0 spiro atoms. The Bertz CT molecular complexity index is 564. The minimum Gasteiger partial charge on any atom is -0.361 e. The van der Waals surface area contributed by atoms with Crippen LogP contribution in [-0.2, 0) is 0 Å². The van der Waals surface area contributed by atoms with Gasteiger partial charge in [-0.15, -0.1) is 0 Å². The molecule has 0 aliphatic rings. The van der Waals surface area contributed by atoms with Gasteiger partial charge in [-0.1, -0.05) is 39.3 Å². The lowest BCUT2D eigenvalue weighted by atomic mass is 10.1. The molecule has 0 saturated heterocycles. The van der Waals surface area contributed by atoms with Crippen LogP contribution in [0.25, 0.3) is 0 Å². The van der Waals surface area contributed by atoms with Crippen molar-refractivity contribution in [1.29, 1.82) is 0 Å². The number of nitrogens with one attached hydrogen (secondary N) is 1. The predicted octanol–water partition coefficient (Wildman–Crippen LogP) is 3.69. The van der Waals surface area contributed by atoms with E-state index in [-0.39, 0.29) is 16.4 Å². The van der Waals surface area contributed by atoms with Crippen LogP contribution in [0.3, 0.4) is 0 Å². The lowest BCUT2D eigenvalue weighted by Gasteiger charge is -2.11. The van der Waals surface area contributed by atoms with Crippen LogP contribution in [0, 0.1) is 6.92 Å². The van der Waals surface area contributed by atoms with Crippen LogP contribution in [0.1, 0.15) is 33.6 Å². The van der Waals surface area contributed by atoms with Crippen LogP contribution < -0.4 is 5.32 Å². The van der Waals surface area contributed by atoms with E-state index in [2.05, 4.69) is 26.4 Å². The summed E-state index contributed by atoms with van der Waals surface area (Å²) in [5.74, 6) is 0.342. The fourth-order valence-corrected chi connectivity index (χ4v) is 2.02. The van der Waals surface area contributed by atoms with Gasteiger partial charge in [0.1, 0.15) is 5.76 Å². The van der Waals surface area contributed by atoms with E-state index in [1.165, 1.54) is 0 Å². The normalized spacial score (nSPS) is 12.2. The molecular weight excluding hydrogens is 296 g/mol. The van der Waals surface area contributed by atoms with Crippen molar-refractivity contribution in [1.82, 2.24) is 5.16 Å². The van der Waals surface area contributed by atoms with Crippen LogP contribution in [-0.4, -0.2) is 11.1 Å². The molecule has 1 atom stereocenters. The quantitative estimate of drug-likeness (QED) is 0.880. The second-order valence-corrected chi connectivity index (χ2v) is 5.35. The van der Waals surface area contributed by atoms with Crippen molar-refractivity contribution in [2.24, 2.45) is 0 Å². The molecule has 1 unspecified atom stereocenters. The molecule has 0 aliphatic carbocycles. The summed E-state index contributed by atoms with van der Waals surface area (Å²) in [5, 5.41) is 6.52. The molecule has 1 N–H and O–H groups in total. The number of carbonyl (C=O) groups excluding carboxylic acids is 1. The maximum absolute atomic E-state index is 12.0. The second-order valence-electron chi connectivity index (χ2n) is 3.98. The average molecular weight is 309 g/mol. The van der Waals surface area contributed by atoms with Gasteiger partial charge < -0.3 is 9.84 Å². The topological polar surface area (TPSA) is 55.1 Å². The van der Waals surface area contributed by atoms with Crippen molar-refractivity contribution in [2.45, 2.75) is 18.7 Å². The highest BCUT2D eigenvalue weighted by atomic mass is 79.9. The average Bonchev–Trinajstić information content (AvgIpc) is 2.76. The SMILES string of the molecule is Cc1cc(C(=O)Nc2ccccc2C(C)Br)no1. The van der Waals surface area contributed by atoms with Gasteiger partial charge in [-0.2, -0.15) is 0 Å². The number of alkyl halides is 1. The Morgan fingerprint density at radius 2 is 2.17 bits per heavy atom. The summed E-state index contributed by atoms with van der Waals surface area (Å²) >= 11 is 3.50.